The SMILES string of the molecule is O=C(/C=C/c1cccc([N+](=O)[O-])c1)Nc1ccccc1C(=O)NC1CC1. The Hall–Kier alpha value is -3.48. The van der Waals surface area contributed by atoms with Crippen molar-refractivity contribution in [3.05, 3.63) is 75.8 Å². The Kier molecular flexibility index (Phi) is 5.07. The van der Waals surface area contributed by atoms with Gasteiger partial charge >= 0.3 is 0 Å². The summed E-state index contributed by atoms with van der Waals surface area (Å²) in [4.78, 5) is 34.7. The highest BCUT2D eigenvalue weighted by molar-refractivity contribution is 6.07. The first-order valence-electron chi connectivity index (χ1n) is 8.16. The Morgan fingerprint density at radius 3 is 2.62 bits per heavy atom. The fraction of sp³-hybridized carbons (Fsp3) is 0.158. The van der Waals surface area contributed by atoms with Gasteiger partial charge in [0.05, 0.1) is 16.2 Å². The Balaban J connectivity index is 1.69. The van der Waals surface area contributed by atoms with Crippen LogP contribution in [0.3, 0.4) is 0 Å². The van der Waals surface area contributed by atoms with Crippen molar-refractivity contribution in [3.63, 3.8) is 0 Å². The van der Waals surface area contributed by atoms with E-state index in [1.807, 2.05) is 0 Å². The quantitative estimate of drug-likeness (QED) is 0.474. The average Bonchev–Trinajstić information content (AvgIpc) is 3.44. The van der Waals surface area contributed by atoms with E-state index in [4.69, 9.17) is 0 Å². The molecule has 1 saturated carbocycles. The molecule has 0 saturated heterocycles. The number of nitro benzene ring substituents is 1. The van der Waals surface area contributed by atoms with Gasteiger partial charge in [0.2, 0.25) is 5.91 Å². The van der Waals surface area contributed by atoms with Gasteiger partial charge in [-0.1, -0.05) is 24.3 Å². The minimum Gasteiger partial charge on any atom is -0.349 e. The number of para-hydroxylation sites is 1. The molecule has 132 valence electrons. The van der Waals surface area contributed by atoms with Crippen LogP contribution in [0.15, 0.2) is 54.6 Å². The molecule has 2 N–H and O–H groups in total. The lowest BCUT2D eigenvalue weighted by Gasteiger charge is -2.09. The monoisotopic (exact) mass is 351 g/mol. The molecular weight excluding hydrogens is 334 g/mol. The zero-order chi connectivity index (χ0) is 18.5. The first-order valence-corrected chi connectivity index (χ1v) is 8.16. The highest BCUT2D eigenvalue weighted by atomic mass is 16.6. The summed E-state index contributed by atoms with van der Waals surface area (Å²) < 4.78 is 0. The number of benzene rings is 2. The molecule has 1 fully saturated rings. The lowest BCUT2D eigenvalue weighted by atomic mass is 10.1. The largest absolute Gasteiger partial charge is 0.349 e. The van der Waals surface area contributed by atoms with Crippen LogP contribution in [0.25, 0.3) is 6.08 Å². The predicted molar refractivity (Wildman–Crippen MR) is 97.7 cm³/mol. The summed E-state index contributed by atoms with van der Waals surface area (Å²) in [6, 6.07) is 13.0. The van der Waals surface area contributed by atoms with E-state index in [9.17, 15) is 19.7 Å². The van der Waals surface area contributed by atoms with Gasteiger partial charge in [0.25, 0.3) is 11.6 Å². The van der Waals surface area contributed by atoms with E-state index in [1.54, 1.807) is 36.4 Å². The molecule has 0 spiro atoms. The molecule has 0 heterocycles. The third-order valence-corrected chi connectivity index (χ3v) is 3.85. The van der Waals surface area contributed by atoms with E-state index in [0.717, 1.165) is 12.8 Å². The van der Waals surface area contributed by atoms with Crippen molar-refractivity contribution in [3.8, 4) is 0 Å². The lowest BCUT2D eigenvalue weighted by Crippen LogP contribution is -2.26. The minimum absolute atomic E-state index is 0.0466. The molecule has 0 bridgehead atoms. The Morgan fingerprint density at radius 2 is 1.88 bits per heavy atom. The number of anilines is 1. The van der Waals surface area contributed by atoms with Gasteiger partial charge in [-0.2, -0.15) is 0 Å². The zero-order valence-corrected chi connectivity index (χ0v) is 13.8. The van der Waals surface area contributed by atoms with Gasteiger partial charge in [0.1, 0.15) is 0 Å². The van der Waals surface area contributed by atoms with E-state index in [-0.39, 0.29) is 17.6 Å². The molecular formula is C19H17N3O4. The fourth-order valence-electron chi connectivity index (χ4n) is 2.37. The van der Waals surface area contributed by atoms with Crippen molar-refractivity contribution < 1.29 is 14.5 Å². The van der Waals surface area contributed by atoms with Gasteiger partial charge in [-0.05, 0) is 36.6 Å². The molecule has 0 aromatic heterocycles. The van der Waals surface area contributed by atoms with Crippen LogP contribution in [0.5, 0.6) is 0 Å². The molecule has 2 aromatic rings. The van der Waals surface area contributed by atoms with Gasteiger partial charge in [-0.3, -0.25) is 19.7 Å². The van der Waals surface area contributed by atoms with Crippen molar-refractivity contribution in [2.75, 3.05) is 5.32 Å². The smallest absolute Gasteiger partial charge is 0.270 e. The summed E-state index contributed by atoms with van der Waals surface area (Å²) in [5.74, 6) is -0.644. The summed E-state index contributed by atoms with van der Waals surface area (Å²) in [5, 5.41) is 16.3. The number of carbonyl (C=O) groups excluding carboxylic acids is 2. The van der Waals surface area contributed by atoms with Crippen molar-refractivity contribution in [1.29, 1.82) is 0 Å². The second-order valence-corrected chi connectivity index (χ2v) is 5.97. The maximum Gasteiger partial charge on any atom is 0.270 e. The zero-order valence-electron chi connectivity index (χ0n) is 13.8. The maximum absolute atomic E-state index is 12.2. The van der Waals surface area contributed by atoms with E-state index in [2.05, 4.69) is 10.6 Å². The third kappa shape index (κ3) is 4.54. The molecule has 2 amide bonds. The Bertz CT molecular complexity index is 888. The van der Waals surface area contributed by atoms with Gasteiger partial charge in [0, 0.05) is 24.3 Å². The van der Waals surface area contributed by atoms with Crippen molar-refractivity contribution in [2.24, 2.45) is 0 Å². The summed E-state index contributed by atoms with van der Waals surface area (Å²) >= 11 is 0. The van der Waals surface area contributed by atoms with Crippen LogP contribution >= 0.6 is 0 Å². The predicted octanol–water partition coefficient (Wildman–Crippen LogP) is 3.14. The van der Waals surface area contributed by atoms with E-state index < -0.39 is 10.8 Å². The number of nitro groups is 1. The molecule has 26 heavy (non-hydrogen) atoms. The molecule has 0 unspecified atom stereocenters. The van der Waals surface area contributed by atoms with Crippen LogP contribution in [0.1, 0.15) is 28.8 Å². The van der Waals surface area contributed by atoms with Crippen LogP contribution < -0.4 is 10.6 Å². The second kappa shape index (κ2) is 7.60. The molecule has 2 aromatic carbocycles. The summed E-state index contributed by atoms with van der Waals surface area (Å²) in [6.07, 6.45) is 4.71. The molecule has 3 rings (SSSR count). The number of hydrogen-bond acceptors (Lipinski definition) is 4. The minimum atomic E-state index is -0.494. The van der Waals surface area contributed by atoms with Crippen LogP contribution in [0.2, 0.25) is 0 Å². The molecule has 7 nitrogen and oxygen atoms in total. The number of carbonyl (C=O) groups is 2. The first kappa shape index (κ1) is 17.3. The van der Waals surface area contributed by atoms with Gasteiger partial charge in [-0.15, -0.1) is 0 Å². The number of hydrogen-bond donors (Lipinski definition) is 2. The molecule has 0 radical (unpaired) electrons. The number of nitrogens with zero attached hydrogens (tertiary/aromatic N) is 1. The normalized spacial score (nSPS) is 13.4. The molecule has 0 atom stereocenters. The third-order valence-electron chi connectivity index (χ3n) is 3.85. The highest BCUT2D eigenvalue weighted by Gasteiger charge is 2.24. The second-order valence-electron chi connectivity index (χ2n) is 5.97. The molecule has 1 aliphatic rings. The molecule has 7 heteroatoms. The van der Waals surface area contributed by atoms with E-state index in [0.29, 0.717) is 16.8 Å². The molecule has 1 aliphatic carbocycles. The van der Waals surface area contributed by atoms with Crippen molar-refractivity contribution in [1.82, 2.24) is 5.32 Å². The summed E-state index contributed by atoms with van der Waals surface area (Å²) in [5.41, 5.74) is 1.31. The van der Waals surface area contributed by atoms with E-state index in [1.165, 1.54) is 24.3 Å². The average molecular weight is 351 g/mol. The van der Waals surface area contributed by atoms with Crippen molar-refractivity contribution in [2.45, 2.75) is 18.9 Å². The van der Waals surface area contributed by atoms with Crippen LogP contribution in [-0.4, -0.2) is 22.8 Å². The van der Waals surface area contributed by atoms with Crippen LogP contribution in [0, 0.1) is 10.1 Å². The first-order chi connectivity index (χ1) is 12.5. The molecule has 0 aliphatic heterocycles. The standard InChI is InChI=1S/C19H17N3O4/c23-18(11-8-13-4-3-5-15(12-13)22(25)26)21-17-7-2-1-6-16(17)19(24)20-14-9-10-14/h1-8,11-12,14H,9-10H2,(H,20,24)(H,21,23)/b11-8+. The maximum atomic E-state index is 12.2. The number of rotatable bonds is 6. The lowest BCUT2D eigenvalue weighted by molar-refractivity contribution is -0.384. The van der Waals surface area contributed by atoms with E-state index >= 15 is 0 Å². The van der Waals surface area contributed by atoms with Gasteiger partial charge in [0.15, 0.2) is 0 Å². The highest BCUT2D eigenvalue weighted by Crippen LogP contribution is 2.21. The summed E-state index contributed by atoms with van der Waals surface area (Å²) in [7, 11) is 0. The summed E-state index contributed by atoms with van der Waals surface area (Å²) in [6.45, 7) is 0. The topological polar surface area (TPSA) is 101 Å². The number of non-ortho nitro benzene ring substituents is 1. The Labute approximate surface area is 149 Å². The number of amides is 2. The number of nitrogens with one attached hydrogen (secondary N) is 2. The van der Waals surface area contributed by atoms with Gasteiger partial charge < -0.3 is 10.6 Å². The van der Waals surface area contributed by atoms with Gasteiger partial charge in [-0.25, -0.2) is 0 Å². The fourth-order valence-corrected chi connectivity index (χ4v) is 2.37. The van der Waals surface area contributed by atoms with Crippen LogP contribution in [-0.2, 0) is 4.79 Å². The van der Waals surface area contributed by atoms with Crippen LogP contribution in [0.4, 0.5) is 11.4 Å². The van der Waals surface area contributed by atoms with Crippen molar-refractivity contribution >= 4 is 29.3 Å². The Morgan fingerprint density at radius 1 is 1.12 bits per heavy atom.